The first kappa shape index (κ1) is 17.0. The summed E-state index contributed by atoms with van der Waals surface area (Å²) in [4.78, 5) is 13.9. The van der Waals surface area contributed by atoms with Crippen molar-refractivity contribution in [3.63, 3.8) is 0 Å². The SMILES string of the molecule is CC/C(=C\C(=O)OC)N1CCC[C@H]1C(CC)(CC)OC. The van der Waals surface area contributed by atoms with E-state index in [1.54, 1.807) is 13.2 Å². The van der Waals surface area contributed by atoms with Crippen molar-refractivity contribution in [3.05, 3.63) is 11.8 Å². The molecule has 0 amide bonds. The number of ether oxygens (including phenoxy) is 2. The molecule has 0 saturated carbocycles. The molecule has 116 valence electrons. The highest BCUT2D eigenvalue weighted by molar-refractivity contribution is 5.82. The zero-order valence-corrected chi connectivity index (χ0v) is 13.6. The molecule has 1 heterocycles. The standard InChI is InChI=1S/C16H29NO3/c1-6-13(12-15(18)19-4)17-11-9-10-14(17)16(7-2,8-3)20-5/h12,14H,6-11H2,1-5H3/b13-12+/t14-/m0/s1. The number of hydrogen-bond donors (Lipinski definition) is 0. The predicted octanol–water partition coefficient (Wildman–Crippen LogP) is 3.12. The van der Waals surface area contributed by atoms with Gasteiger partial charge >= 0.3 is 5.97 Å². The number of methoxy groups -OCH3 is 2. The molecule has 0 spiro atoms. The molecule has 0 bridgehead atoms. The fraction of sp³-hybridized carbons (Fsp3) is 0.812. The fourth-order valence-corrected chi connectivity index (χ4v) is 3.39. The Hall–Kier alpha value is -1.03. The quantitative estimate of drug-likeness (QED) is 0.531. The van der Waals surface area contributed by atoms with Crippen LogP contribution in [0.4, 0.5) is 0 Å². The predicted molar refractivity (Wildman–Crippen MR) is 80.4 cm³/mol. The topological polar surface area (TPSA) is 38.8 Å². The molecular formula is C16H29NO3. The van der Waals surface area contributed by atoms with E-state index >= 15 is 0 Å². The zero-order valence-electron chi connectivity index (χ0n) is 13.6. The number of carbonyl (C=O) groups is 1. The van der Waals surface area contributed by atoms with Gasteiger partial charge in [0, 0.05) is 25.4 Å². The van der Waals surface area contributed by atoms with Crippen molar-refractivity contribution in [2.45, 2.75) is 64.5 Å². The summed E-state index contributed by atoms with van der Waals surface area (Å²) in [5.74, 6) is -0.275. The lowest BCUT2D eigenvalue weighted by molar-refractivity contribution is -0.135. The average molecular weight is 283 g/mol. The maximum atomic E-state index is 11.5. The second kappa shape index (κ2) is 7.67. The van der Waals surface area contributed by atoms with Gasteiger partial charge in [-0.3, -0.25) is 0 Å². The maximum Gasteiger partial charge on any atom is 0.332 e. The lowest BCUT2D eigenvalue weighted by atomic mass is 9.86. The molecule has 0 aromatic heterocycles. The van der Waals surface area contributed by atoms with Crippen LogP contribution in [-0.4, -0.2) is 43.3 Å². The summed E-state index contributed by atoms with van der Waals surface area (Å²) >= 11 is 0. The molecule has 0 aromatic rings. The smallest absolute Gasteiger partial charge is 0.332 e. The van der Waals surface area contributed by atoms with Gasteiger partial charge in [0.05, 0.1) is 18.8 Å². The van der Waals surface area contributed by atoms with Gasteiger partial charge in [-0.25, -0.2) is 4.79 Å². The van der Waals surface area contributed by atoms with Gasteiger partial charge < -0.3 is 14.4 Å². The highest BCUT2D eigenvalue weighted by Crippen LogP contribution is 2.37. The second-order valence-electron chi connectivity index (χ2n) is 5.34. The van der Waals surface area contributed by atoms with Crippen molar-refractivity contribution < 1.29 is 14.3 Å². The lowest BCUT2D eigenvalue weighted by Gasteiger charge is -2.42. The van der Waals surface area contributed by atoms with E-state index < -0.39 is 0 Å². The highest BCUT2D eigenvalue weighted by atomic mass is 16.5. The van der Waals surface area contributed by atoms with E-state index in [9.17, 15) is 4.79 Å². The van der Waals surface area contributed by atoms with Crippen LogP contribution in [0.5, 0.6) is 0 Å². The Morgan fingerprint density at radius 3 is 2.40 bits per heavy atom. The van der Waals surface area contributed by atoms with E-state index in [-0.39, 0.29) is 11.6 Å². The Bertz CT molecular complexity index is 339. The summed E-state index contributed by atoms with van der Waals surface area (Å²) in [6, 6.07) is 0.346. The molecule has 1 aliphatic heterocycles. The Morgan fingerprint density at radius 1 is 1.30 bits per heavy atom. The van der Waals surface area contributed by atoms with Gasteiger partial charge in [0.1, 0.15) is 0 Å². The summed E-state index contributed by atoms with van der Waals surface area (Å²) in [5.41, 5.74) is 0.934. The van der Waals surface area contributed by atoms with Crippen molar-refractivity contribution in [1.82, 2.24) is 4.90 Å². The third-order valence-electron chi connectivity index (χ3n) is 4.68. The van der Waals surface area contributed by atoms with E-state index in [1.807, 2.05) is 0 Å². The molecule has 0 N–H and O–H groups in total. The normalized spacial score (nSPS) is 20.4. The number of hydrogen-bond acceptors (Lipinski definition) is 4. The Kier molecular flexibility index (Phi) is 6.53. The first-order valence-electron chi connectivity index (χ1n) is 7.68. The van der Waals surface area contributed by atoms with Crippen LogP contribution in [0.3, 0.4) is 0 Å². The van der Waals surface area contributed by atoms with E-state index in [4.69, 9.17) is 9.47 Å². The molecule has 4 nitrogen and oxygen atoms in total. The minimum atomic E-state index is -0.275. The molecule has 0 aromatic carbocycles. The third kappa shape index (κ3) is 3.35. The number of allylic oxidation sites excluding steroid dienone is 1. The molecule has 1 saturated heterocycles. The van der Waals surface area contributed by atoms with Crippen LogP contribution in [0, 0.1) is 0 Å². The summed E-state index contributed by atoms with van der Waals surface area (Å²) in [5, 5.41) is 0. The first-order valence-corrected chi connectivity index (χ1v) is 7.68. The Balaban J connectivity index is 3.03. The fourth-order valence-electron chi connectivity index (χ4n) is 3.39. The van der Waals surface area contributed by atoms with E-state index in [2.05, 4.69) is 25.7 Å². The molecule has 0 unspecified atom stereocenters. The zero-order chi connectivity index (χ0) is 15.2. The number of rotatable bonds is 7. The molecular weight excluding hydrogens is 254 g/mol. The average Bonchev–Trinajstić information content (AvgIpc) is 2.97. The number of likely N-dealkylation sites (tertiary alicyclic amines) is 1. The van der Waals surface area contributed by atoms with E-state index in [0.717, 1.165) is 44.3 Å². The van der Waals surface area contributed by atoms with E-state index in [1.165, 1.54) is 7.11 Å². The van der Waals surface area contributed by atoms with Gasteiger partial charge in [-0.1, -0.05) is 20.8 Å². The van der Waals surface area contributed by atoms with Crippen molar-refractivity contribution in [2.75, 3.05) is 20.8 Å². The van der Waals surface area contributed by atoms with Gasteiger partial charge in [-0.05, 0) is 32.1 Å². The van der Waals surface area contributed by atoms with Gasteiger partial charge in [0.15, 0.2) is 0 Å². The third-order valence-corrected chi connectivity index (χ3v) is 4.68. The molecule has 1 rings (SSSR count). The van der Waals surface area contributed by atoms with Crippen molar-refractivity contribution in [3.8, 4) is 0 Å². The molecule has 4 heteroatoms. The van der Waals surface area contributed by atoms with Crippen LogP contribution in [0.1, 0.15) is 52.9 Å². The lowest BCUT2D eigenvalue weighted by Crippen LogP contribution is -2.50. The second-order valence-corrected chi connectivity index (χ2v) is 5.34. The van der Waals surface area contributed by atoms with Crippen LogP contribution < -0.4 is 0 Å². The Labute approximate surface area is 123 Å². The largest absolute Gasteiger partial charge is 0.466 e. The molecule has 0 aliphatic carbocycles. The monoisotopic (exact) mass is 283 g/mol. The van der Waals surface area contributed by atoms with Crippen molar-refractivity contribution in [1.29, 1.82) is 0 Å². The van der Waals surface area contributed by atoms with Gasteiger partial charge in [-0.15, -0.1) is 0 Å². The van der Waals surface area contributed by atoms with Crippen LogP contribution in [-0.2, 0) is 14.3 Å². The van der Waals surface area contributed by atoms with E-state index in [0.29, 0.717) is 6.04 Å². The van der Waals surface area contributed by atoms with Gasteiger partial charge in [-0.2, -0.15) is 0 Å². The van der Waals surface area contributed by atoms with Crippen LogP contribution >= 0.6 is 0 Å². The first-order chi connectivity index (χ1) is 9.58. The molecule has 1 aliphatic rings. The Morgan fingerprint density at radius 2 is 1.95 bits per heavy atom. The molecule has 0 radical (unpaired) electrons. The summed E-state index contributed by atoms with van der Waals surface area (Å²) < 4.78 is 10.7. The minimum Gasteiger partial charge on any atom is -0.466 e. The number of nitrogens with zero attached hydrogens (tertiary/aromatic N) is 1. The maximum absolute atomic E-state index is 11.5. The molecule has 20 heavy (non-hydrogen) atoms. The summed E-state index contributed by atoms with van der Waals surface area (Å²) in [6.07, 6.45) is 6.69. The minimum absolute atomic E-state index is 0.124. The van der Waals surface area contributed by atoms with Gasteiger partial charge in [0.25, 0.3) is 0 Å². The molecule has 1 fully saturated rings. The number of carbonyl (C=O) groups excluding carboxylic acids is 1. The number of esters is 1. The van der Waals surface area contributed by atoms with Crippen LogP contribution in [0.2, 0.25) is 0 Å². The van der Waals surface area contributed by atoms with Crippen molar-refractivity contribution >= 4 is 5.97 Å². The summed E-state index contributed by atoms with van der Waals surface area (Å²) in [7, 11) is 3.23. The van der Waals surface area contributed by atoms with Crippen molar-refractivity contribution in [2.24, 2.45) is 0 Å². The van der Waals surface area contributed by atoms with Crippen LogP contribution in [0.25, 0.3) is 0 Å². The molecule has 1 atom stereocenters. The summed E-state index contributed by atoms with van der Waals surface area (Å²) in [6.45, 7) is 7.43. The highest BCUT2D eigenvalue weighted by Gasteiger charge is 2.42. The van der Waals surface area contributed by atoms with Crippen LogP contribution in [0.15, 0.2) is 11.8 Å². The van der Waals surface area contributed by atoms with Gasteiger partial charge in [0.2, 0.25) is 0 Å².